The SMILES string of the molecule is CN1CCCC(Oc2ccc(-c3cc(Cl)cc(Cl)c3)cc2)C1. The molecular weight excluding hydrogens is 317 g/mol. The smallest absolute Gasteiger partial charge is 0.119 e. The predicted octanol–water partition coefficient (Wildman–Crippen LogP) is 5.13. The van der Waals surface area contributed by atoms with Crippen LogP contribution in [0.1, 0.15) is 12.8 Å². The van der Waals surface area contributed by atoms with Crippen LogP contribution in [0.15, 0.2) is 42.5 Å². The topological polar surface area (TPSA) is 12.5 Å². The second kappa shape index (κ2) is 6.91. The third kappa shape index (κ3) is 3.95. The molecule has 0 aliphatic carbocycles. The van der Waals surface area contributed by atoms with Crippen LogP contribution in [-0.2, 0) is 0 Å². The number of benzene rings is 2. The first-order valence-corrected chi connectivity index (χ1v) is 8.27. The molecule has 0 radical (unpaired) electrons. The van der Waals surface area contributed by atoms with E-state index in [0.717, 1.165) is 36.4 Å². The van der Waals surface area contributed by atoms with Crippen LogP contribution in [0.25, 0.3) is 11.1 Å². The van der Waals surface area contributed by atoms with Crippen molar-refractivity contribution in [3.8, 4) is 16.9 Å². The molecule has 1 heterocycles. The van der Waals surface area contributed by atoms with E-state index in [1.807, 2.05) is 36.4 Å². The molecule has 0 aromatic heterocycles. The van der Waals surface area contributed by atoms with Crippen molar-refractivity contribution in [1.82, 2.24) is 4.90 Å². The highest BCUT2D eigenvalue weighted by Crippen LogP contribution is 2.29. The first kappa shape index (κ1) is 15.7. The third-order valence-corrected chi connectivity index (χ3v) is 4.37. The molecule has 1 fully saturated rings. The van der Waals surface area contributed by atoms with Gasteiger partial charge in [-0.25, -0.2) is 0 Å². The number of rotatable bonds is 3. The highest BCUT2D eigenvalue weighted by Gasteiger charge is 2.18. The van der Waals surface area contributed by atoms with Gasteiger partial charge in [-0.15, -0.1) is 0 Å². The summed E-state index contributed by atoms with van der Waals surface area (Å²) in [5.41, 5.74) is 2.10. The van der Waals surface area contributed by atoms with Crippen LogP contribution in [0, 0.1) is 0 Å². The van der Waals surface area contributed by atoms with Crippen LogP contribution in [0.5, 0.6) is 5.75 Å². The third-order valence-electron chi connectivity index (χ3n) is 3.93. The standard InChI is InChI=1S/C18H19Cl2NO/c1-21-8-2-3-18(12-21)22-17-6-4-13(5-7-17)14-9-15(19)11-16(20)10-14/h4-7,9-11,18H,2-3,8,12H2,1H3. The van der Waals surface area contributed by atoms with Gasteiger partial charge < -0.3 is 9.64 Å². The Morgan fingerprint density at radius 1 is 1.00 bits per heavy atom. The zero-order valence-corrected chi connectivity index (χ0v) is 14.1. The molecule has 0 saturated carbocycles. The minimum atomic E-state index is 0.283. The highest BCUT2D eigenvalue weighted by molar-refractivity contribution is 6.35. The van der Waals surface area contributed by atoms with Crippen LogP contribution in [-0.4, -0.2) is 31.1 Å². The summed E-state index contributed by atoms with van der Waals surface area (Å²) < 4.78 is 6.07. The molecule has 1 aliphatic heterocycles. The molecule has 1 unspecified atom stereocenters. The van der Waals surface area contributed by atoms with Gasteiger partial charge in [-0.2, -0.15) is 0 Å². The van der Waals surface area contributed by atoms with Gasteiger partial charge in [0, 0.05) is 16.6 Å². The monoisotopic (exact) mass is 335 g/mol. The summed E-state index contributed by atoms with van der Waals surface area (Å²) >= 11 is 12.1. The number of halogens is 2. The van der Waals surface area contributed by atoms with Crippen molar-refractivity contribution in [2.45, 2.75) is 18.9 Å². The second-order valence-corrected chi connectivity index (χ2v) is 6.70. The molecule has 0 bridgehead atoms. The number of nitrogens with zero attached hydrogens (tertiary/aromatic N) is 1. The molecule has 2 nitrogen and oxygen atoms in total. The molecule has 1 atom stereocenters. The Labute approximate surface area is 141 Å². The van der Waals surface area contributed by atoms with Crippen LogP contribution in [0.4, 0.5) is 0 Å². The fraction of sp³-hybridized carbons (Fsp3) is 0.333. The fourth-order valence-electron chi connectivity index (χ4n) is 2.85. The lowest BCUT2D eigenvalue weighted by Gasteiger charge is -2.30. The summed E-state index contributed by atoms with van der Waals surface area (Å²) in [5, 5.41) is 1.29. The molecule has 0 N–H and O–H groups in total. The molecular formula is C18H19Cl2NO. The van der Waals surface area contributed by atoms with E-state index in [0.29, 0.717) is 10.0 Å². The Kier molecular flexibility index (Phi) is 4.92. The van der Waals surface area contributed by atoms with Gasteiger partial charge in [-0.05, 0) is 67.9 Å². The lowest BCUT2D eigenvalue weighted by Crippen LogP contribution is -2.38. The zero-order valence-electron chi connectivity index (χ0n) is 12.6. The molecule has 1 aliphatic rings. The Hall–Kier alpha value is -1.22. The minimum Gasteiger partial charge on any atom is -0.489 e. The molecule has 1 saturated heterocycles. The van der Waals surface area contributed by atoms with Crippen LogP contribution >= 0.6 is 23.2 Å². The zero-order chi connectivity index (χ0) is 15.5. The van der Waals surface area contributed by atoms with Gasteiger partial charge in [0.15, 0.2) is 0 Å². The Balaban J connectivity index is 1.72. The lowest BCUT2D eigenvalue weighted by molar-refractivity contribution is 0.104. The maximum absolute atomic E-state index is 6.07. The lowest BCUT2D eigenvalue weighted by atomic mass is 10.1. The van der Waals surface area contributed by atoms with Crippen LogP contribution in [0.3, 0.4) is 0 Å². The average molecular weight is 336 g/mol. The number of likely N-dealkylation sites (N-methyl/N-ethyl adjacent to an activating group) is 1. The van der Waals surface area contributed by atoms with Crippen molar-refractivity contribution >= 4 is 23.2 Å². The summed E-state index contributed by atoms with van der Waals surface area (Å²) in [4.78, 5) is 2.32. The van der Waals surface area contributed by atoms with Gasteiger partial charge in [-0.1, -0.05) is 35.3 Å². The molecule has 4 heteroatoms. The Morgan fingerprint density at radius 3 is 2.32 bits per heavy atom. The molecule has 3 rings (SSSR count). The van der Waals surface area contributed by atoms with Crippen molar-refractivity contribution in [3.63, 3.8) is 0 Å². The highest BCUT2D eigenvalue weighted by atomic mass is 35.5. The van der Waals surface area contributed by atoms with Gasteiger partial charge in [0.1, 0.15) is 11.9 Å². The van der Waals surface area contributed by atoms with Crippen LogP contribution < -0.4 is 4.74 Å². The van der Waals surface area contributed by atoms with E-state index in [-0.39, 0.29) is 6.10 Å². The summed E-state index contributed by atoms with van der Waals surface area (Å²) in [5.74, 6) is 0.914. The summed E-state index contributed by atoms with van der Waals surface area (Å²) in [6.45, 7) is 2.15. The van der Waals surface area contributed by atoms with E-state index in [4.69, 9.17) is 27.9 Å². The largest absolute Gasteiger partial charge is 0.489 e. The van der Waals surface area contributed by atoms with Crippen molar-refractivity contribution in [3.05, 3.63) is 52.5 Å². The first-order chi connectivity index (χ1) is 10.6. The predicted molar refractivity (Wildman–Crippen MR) is 93.0 cm³/mol. The number of hydrogen-bond acceptors (Lipinski definition) is 2. The Bertz CT molecular complexity index is 622. The molecule has 2 aromatic carbocycles. The molecule has 0 amide bonds. The maximum atomic E-state index is 6.07. The number of likely N-dealkylation sites (tertiary alicyclic amines) is 1. The van der Waals surface area contributed by atoms with Crippen molar-refractivity contribution < 1.29 is 4.74 Å². The fourth-order valence-corrected chi connectivity index (χ4v) is 3.38. The van der Waals surface area contributed by atoms with E-state index >= 15 is 0 Å². The quantitative estimate of drug-likeness (QED) is 0.770. The number of ether oxygens (including phenoxy) is 1. The molecule has 22 heavy (non-hydrogen) atoms. The summed E-state index contributed by atoms with van der Waals surface area (Å²) in [6.07, 6.45) is 2.60. The molecule has 0 spiro atoms. The molecule has 116 valence electrons. The van der Waals surface area contributed by atoms with E-state index in [1.165, 1.54) is 6.42 Å². The van der Waals surface area contributed by atoms with Crippen molar-refractivity contribution in [1.29, 1.82) is 0 Å². The maximum Gasteiger partial charge on any atom is 0.119 e. The first-order valence-electron chi connectivity index (χ1n) is 7.52. The van der Waals surface area contributed by atoms with Gasteiger partial charge >= 0.3 is 0 Å². The van der Waals surface area contributed by atoms with E-state index in [2.05, 4.69) is 11.9 Å². The van der Waals surface area contributed by atoms with E-state index in [1.54, 1.807) is 6.07 Å². The number of piperidine rings is 1. The van der Waals surface area contributed by atoms with Crippen molar-refractivity contribution in [2.75, 3.05) is 20.1 Å². The van der Waals surface area contributed by atoms with E-state index < -0.39 is 0 Å². The van der Waals surface area contributed by atoms with Gasteiger partial charge in [0.2, 0.25) is 0 Å². The van der Waals surface area contributed by atoms with Crippen molar-refractivity contribution in [2.24, 2.45) is 0 Å². The molecule has 2 aromatic rings. The van der Waals surface area contributed by atoms with Crippen LogP contribution in [0.2, 0.25) is 10.0 Å². The minimum absolute atomic E-state index is 0.283. The summed E-state index contributed by atoms with van der Waals surface area (Å²) in [7, 11) is 2.14. The average Bonchev–Trinajstić information content (AvgIpc) is 2.47. The number of hydrogen-bond donors (Lipinski definition) is 0. The van der Waals surface area contributed by atoms with Gasteiger partial charge in [-0.3, -0.25) is 0 Å². The normalized spacial score (nSPS) is 19.1. The van der Waals surface area contributed by atoms with E-state index in [9.17, 15) is 0 Å². The Morgan fingerprint density at radius 2 is 1.68 bits per heavy atom. The second-order valence-electron chi connectivity index (χ2n) is 5.83. The van der Waals surface area contributed by atoms with Gasteiger partial charge in [0.25, 0.3) is 0 Å². The summed E-state index contributed by atoms with van der Waals surface area (Å²) in [6, 6.07) is 13.7. The van der Waals surface area contributed by atoms with Gasteiger partial charge in [0.05, 0.1) is 0 Å².